The molecule has 2 aromatic heterocycles. The highest BCUT2D eigenvalue weighted by atomic mass is 16.2. The summed E-state index contributed by atoms with van der Waals surface area (Å²) in [5.74, 6) is 0.363. The first kappa shape index (κ1) is 17.2. The lowest BCUT2D eigenvalue weighted by Crippen LogP contribution is -2.16. The van der Waals surface area contributed by atoms with Crippen LogP contribution in [0.3, 0.4) is 0 Å². The van der Waals surface area contributed by atoms with E-state index in [9.17, 15) is 4.79 Å². The molecule has 2 heterocycles. The number of imidazole rings is 1. The molecule has 0 saturated heterocycles. The average Bonchev–Trinajstić information content (AvgIpc) is 2.95. The van der Waals surface area contributed by atoms with Crippen LogP contribution in [0.25, 0.3) is 5.65 Å². The molecule has 3 rings (SSSR count). The highest BCUT2D eigenvalue weighted by Crippen LogP contribution is 2.21. The maximum atomic E-state index is 12.9. The van der Waals surface area contributed by atoms with Crippen molar-refractivity contribution >= 4 is 17.2 Å². The Hall–Kier alpha value is -2.62. The van der Waals surface area contributed by atoms with Gasteiger partial charge in [0.25, 0.3) is 5.91 Å². The predicted molar refractivity (Wildman–Crippen MR) is 102 cm³/mol. The van der Waals surface area contributed by atoms with E-state index in [2.05, 4.69) is 38.2 Å². The molecule has 0 atom stereocenters. The number of aryl methyl sites for hydroxylation is 2. The van der Waals surface area contributed by atoms with Crippen LogP contribution in [-0.4, -0.2) is 15.3 Å². The van der Waals surface area contributed by atoms with Crippen LogP contribution in [0.1, 0.15) is 60.4 Å². The van der Waals surface area contributed by atoms with Crippen LogP contribution in [0.4, 0.5) is 5.69 Å². The van der Waals surface area contributed by atoms with Crippen LogP contribution >= 0.6 is 0 Å². The Bertz CT molecular complexity index is 891. The number of anilines is 1. The van der Waals surface area contributed by atoms with E-state index in [1.165, 1.54) is 5.56 Å². The number of nitrogens with zero attached hydrogens (tertiary/aromatic N) is 2. The summed E-state index contributed by atoms with van der Waals surface area (Å²) in [6, 6.07) is 12.0. The third-order valence-electron chi connectivity index (χ3n) is 4.45. The van der Waals surface area contributed by atoms with Crippen molar-refractivity contribution in [1.29, 1.82) is 0 Å². The fourth-order valence-corrected chi connectivity index (χ4v) is 3.04. The van der Waals surface area contributed by atoms with E-state index in [1.54, 1.807) is 0 Å². The molecule has 3 aromatic rings. The third kappa shape index (κ3) is 3.43. The van der Waals surface area contributed by atoms with E-state index in [0.29, 0.717) is 11.6 Å². The molecule has 4 nitrogen and oxygen atoms in total. The maximum Gasteiger partial charge on any atom is 0.274 e. The lowest BCUT2D eigenvalue weighted by atomic mass is 10.0. The zero-order valence-corrected chi connectivity index (χ0v) is 15.3. The van der Waals surface area contributed by atoms with Crippen molar-refractivity contribution in [3.63, 3.8) is 0 Å². The first-order chi connectivity index (χ1) is 12.0. The molecule has 1 aromatic carbocycles. The summed E-state index contributed by atoms with van der Waals surface area (Å²) >= 11 is 0. The van der Waals surface area contributed by atoms with Gasteiger partial charge in [0.15, 0.2) is 0 Å². The van der Waals surface area contributed by atoms with Crippen molar-refractivity contribution in [2.75, 3.05) is 5.32 Å². The minimum absolute atomic E-state index is 0.112. The van der Waals surface area contributed by atoms with Crippen molar-refractivity contribution in [3.05, 3.63) is 65.1 Å². The molecule has 0 aliphatic heterocycles. The highest BCUT2D eigenvalue weighted by Gasteiger charge is 2.19. The molecule has 130 valence electrons. The topological polar surface area (TPSA) is 46.4 Å². The molecular formula is C21H25N3O. The van der Waals surface area contributed by atoms with Crippen LogP contribution in [0.2, 0.25) is 0 Å². The van der Waals surface area contributed by atoms with E-state index in [1.807, 2.05) is 41.8 Å². The quantitative estimate of drug-likeness (QED) is 0.715. The molecule has 0 radical (unpaired) electrons. The lowest BCUT2D eigenvalue weighted by Gasteiger charge is -2.09. The molecular weight excluding hydrogens is 310 g/mol. The molecule has 0 bridgehead atoms. The second kappa shape index (κ2) is 7.09. The number of pyridine rings is 1. The van der Waals surface area contributed by atoms with E-state index < -0.39 is 0 Å². The number of benzene rings is 1. The first-order valence-corrected chi connectivity index (χ1v) is 8.89. The van der Waals surface area contributed by atoms with Crippen molar-refractivity contribution in [1.82, 2.24) is 9.38 Å². The predicted octanol–water partition coefficient (Wildman–Crippen LogP) is 4.97. The van der Waals surface area contributed by atoms with Gasteiger partial charge in [-0.2, -0.15) is 0 Å². The van der Waals surface area contributed by atoms with E-state index in [4.69, 9.17) is 4.98 Å². The summed E-state index contributed by atoms with van der Waals surface area (Å²) in [6.07, 6.45) is 3.65. The molecule has 4 heteroatoms. The third-order valence-corrected chi connectivity index (χ3v) is 4.45. The van der Waals surface area contributed by atoms with Crippen LogP contribution in [0.5, 0.6) is 0 Å². The lowest BCUT2D eigenvalue weighted by molar-refractivity contribution is 0.102. The van der Waals surface area contributed by atoms with Crippen molar-refractivity contribution < 1.29 is 4.79 Å². The molecule has 1 amide bonds. The van der Waals surface area contributed by atoms with E-state index in [0.717, 1.165) is 35.4 Å². The summed E-state index contributed by atoms with van der Waals surface area (Å²) in [4.78, 5) is 17.6. The van der Waals surface area contributed by atoms with Gasteiger partial charge in [0.05, 0.1) is 5.69 Å². The molecule has 0 spiro atoms. The Morgan fingerprint density at radius 1 is 1.20 bits per heavy atom. The largest absolute Gasteiger partial charge is 0.321 e. The van der Waals surface area contributed by atoms with Crippen molar-refractivity contribution in [2.24, 2.45) is 0 Å². The second-order valence-corrected chi connectivity index (χ2v) is 6.77. The number of nitrogens with one attached hydrogen (secondary N) is 1. The molecule has 25 heavy (non-hydrogen) atoms. The highest BCUT2D eigenvalue weighted by molar-refractivity contribution is 6.04. The van der Waals surface area contributed by atoms with Gasteiger partial charge in [-0.3, -0.25) is 9.20 Å². The minimum Gasteiger partial charge on any atom is -0.321 e. The summed E-state index contributed by atoms with van der Waals surface area (Å²) < 4.78 is 1.90. The zero-order chi connectivity index (χ0) is 18.0. The fourth-order valence-electron chi connectivity index (χ4n) is 3.04. The first-order valence-electron chi connectivity index (χ1n) is 8.89. The van der Waals surface area contributed by atoms with Crippen LogP contribution < -0.4 is 5.32 Å². The monoisotopic (exact) mass is 335 g/mol. The normalized spacial score (nSPS) is 11.2. The van der Waals surface area contributed by atoms with Crippen LogP contribution in [0, 0.1) is 6.92 Å². The molecule has 0 unspecified atom stereocenters. The number of amides is 1. The number of carbonyl (C=O) groups excluding carboxylic acids is 1. The van der Waals surface area contributed by atoms with Gasteiger partial charge in [-0.15, -0.1) is 0 Å². The van der Waals surface area contributed by atoms with Gasteiger partial charge in [0.2, 0.25) is 0 Å². The van der Waals surface area contributed by atoms with Crippen molar-refractivity contribution in [3.8, 4) is 0 Å². The number of hydrogen-bond donors (Lipinski definition) is 1. The maximum absolute atomic E-state index is 12.9. The number of aromatic nitrogens is 2. The second-order valence-electron chi connectivity index (χ2n) is 6.77. The number of fused-ring (bicyclic) bond motifs is 1. The Kier molecular flexibility index (Phi) is 4.88. The minimum atomic E-state index is -0.112. The summed E-state index contributed by atoms with van der Waals surface area (Å²) in [7, 11) is 0. The smallest absolute Gasteiger partial charge is 0.274 e. The van der Waals surface area contributed by atoms with Gasteiger partial charge in [0, 0.05) is 11.9 Å². The summed E-state index contributed by atoms with van der Waals surface area (Å²) in [6.45, 7) is 8.43. The van der Waals surface area contributed by atoms with Gasteiger partial charge in [-0.1, -0.05) is 45.4 Å². The van der Waals surface area contributed by atoms with Gasteiger partial charge in [0.1, 0.15) is 11.3 Å². The SMILES string of the molecule is CCCc1nc2c(C)cccn2c1C(=O)Nc1ccc(C(C)C)cc1. The Morgan fingerprint density at radius 3 is 2.56 bits per heavy atom. The number of hydrogen-bond acceptors (Lipinski definition) is 2. The Labute approximate surface area is 148 Å². The number of carbonyl (C=O) groups is 1. The molecule has 0 aliphatic rings. The van der Waals surface area contributed by atoms with Crippen LogP contribution in [0.15, 0.2) is 42.6 Å². The molecule has 0 fully saturated rings. The van der Waals surface area contributed by atoms with Gasteiger partial charge >= 0.3 is 0 Å². The summed E-state index contributed by atoms with van der Waals surface area (Å²) in [5, 5.41) is 3.02. The van der Waals surface area contributed by atoms with Crippen LogP contribution in [-0.2, 0) is 6.42 Å². The Balaban J connectivity index is 1.95. The van der Waals surface area contributed by atoms with E-state index >= 15 is 0 Å². The summed E-state index contributed by atoms with van der Waals surface area (Å²) in [5.41, 5.74) is 5.47. The zero-order valence-electron chi connectivity index (χ0n) is 15.3. The van der Waals surface area contributed by atoms with E-state index in [-0.39, 0.29) is 5.91 Å². The van der Waals surface area contributed by atoms with Crippen molar-refractivity contribution in [2.45, 2.75) is 46.5 Å². The van der Waals surface area contributed by atoms with Gasteiger partial charge in [-0.05, 0) is 48.6 Å². The molecule has 1 N–H and O–H groups in total. The number of rotatable bonds is 5. The standard InChI is InChI=1S/C21H25N3O/c1-5-7-18-19(24-13-6-8-15(4)20(24)23-18)21(25)22-17-11-9-16(10-12-17)14(2)3/h6,8-14H,5,7H2,1-4H3,(H,22,25). The van der Waals surface area contributed by atoms with Gasteiger partial charge < -0.3 is 5.32 Å². The Morgan fingerprint density at radius 2 is 1.92 bits per heavy atom. The fraction of sp³-hybridized carbons (Fsp3) is 0.333. The van der Waals surface area contributed by atoms with Gasteiger partial charge in [-0.25, -0.2) is 4.98 Å². The molecule has 0 aliphatic carbocycles. The average molecular weight is 335 g/mol. The molecule has 0 saturated carbocycles.